The van der Waals surface area contributed by atoms with Crippen LogP contribution in [0.15, 0.2) is 6.20 Å². The van der Waals surface area contributed by atoms with Gasteiger partial charge in [0, 0.05) is 13.1 Å². The molecule has 0 aliphatic carbocycles. The summed E-state index contributed by atoms with van der Waals surface area (Å²) in [6.07, 6.45) is 1.42. The van der Waals surface area contributed by atoms with Gasteiger partial charge in [0.2, 0.25) is 0 Å². The van der Waals surface area contributed by atoms with Crippen LogP contribution in [0.5, 0.6) is 0 Å². The first kappa shape index (κ1) is 10.5. The van der Waals surface area contributed by atoms with Crippen LogP contribution in [-0.2, 0) is 7.05 Å². The number of nitrogens with one attached hydrogen (secondary N) is 1. The lowest BCUT2D eigenvalue weighted by Crippen LogP contribution is -2.36. The van der Waals surface area contributed by atoms with Gasteiger partial charge in [-0.2, -0.15) is 5.10 Å². The molecule has 78 valence electrons. The summed E-state index contributed by atoms with van der Waals surface area (Å²) in [7, 11) is 1.63. The van der Waals surface area contributed by atoms with Crippen LogP contribution in [0, 0.1) is 0 Å². The van der Waals surface area contributed by atoms with Crippen LogP contribution in [0.4, 0.5) is 5.69 Å². The Hall–Kier alpha value is -1.56. The molecule has 0 radical (unpaired) electrons. The Balaban J connectivity index is 2.79. The summed E-state index contributed by atoms with van der Waals surface area (Å²) in [4.78, 5) is 11.6. The van der Waals surface area contributed by atoms with Gasteiger partial charge in [-0.15, -0.1) is 0 Å². The fourth-order valence-electron chi connectivity index (χ4n) is 1.07. The normalized spacial score (nSPS) is 12.5. The van der Waals surface area contributed by atoms with Gasteiger partial charge in [0.15, 0.2) is 0 Å². The second-order valence-electron chi connectivity index (χ2n) is 3.13. The Morgan fingerprint density at radius 1 is 1.86 bits per heavy atom. The van der Waals surface area contributed by atoms with Crippen molar-refractivity contribution in [3.05, 3.63) is 11.9 Å². The largest absolute Gasteiger partial charge is 0.396 e. The highest BCUT2D eigenvalue weighted by Gasteiger charge is 2.16. The van der Waals surface area contributed by atoms with E-state index in [2.05, 4.69) is 10.4 Å². The maximum Gasteiger partial charge on any atom is 0.271 e. The molecule has 0 aliphatic heterocycles. The molecular formula is C8H14N4O2. The standard InChI is InChI=1S/C8H14N4O2/c1-5(4-13)11-8(14)7-6(9)3-10-12(7)2/h3,5,13H,4,9H2,1-2H3,(H,11,14). The predicted octanol–water partition coefficient (Wildman–Crippen LogP) is -0.887. The van der Waals surface area contributed by atoms with E-state index in [0.717, 1.165) is 0 Å². The van der Waals surface area contributed by atoms with E-state index in [4.69, 9.17) is 10.8 Å². The molecule has 14 heavy (non-hydrogen) atoms. The highest BCUT2D eigenvalue weighted by molar-refractivity contribution is 5.97. The molecule has 1 amide bonds. The first-order chi connectivity index (χ1) is 6.56. The van der Waals surface area contributed by atoms with Crippen molar-refractivity contribution in [1.29, 1.82) is 0 Å². The Morgan fingerprint density at radius 2 is 2.50 bits per heavy atom. The number of nitrogens with zero attached hydrogens (tertiary/aromatic N) is 2. The smallest absolute Gasteiger partial charge is 0.271 e. The number of amides is 1. The molecule has 0 saturated heterocycles. The van der Waals surface area contributed by atoms with Crippen LogP contribution >= 0.6 is 0 Å². The molecule has 0 bridgehead atoms. The van der Waals surface area contributed by atoms with E-state index in [1.165, 1.54) is 10.9 Å². The molecule has 1 atom stereocenters. The maximum absolute atomic E-state index is 11.6. The second-order valence-corrected chi connectivity index (χ2v) is 3.13. The minimum atomic E-state index is -0.330. The molecule has 1 unspecified atom stereocenters. The number of nitrogen functional groups attached to an aromatic ring is 1. The van der Waals surface area contributed by atoms with Crippen LogP contribution < -0.4 is 11.1 Å². The van der Waals surface area contributed by atoms with Gasteiger partial charge in [0.25, 0.3) is 5.91 Å². The van der Waals surface area contributed by atoms with Crippen LogP contribution in [0.2, 0.25) is 0 Å². The number of rotatable bonds is 3. The number of aromatic nitrogens is 2. The topological polar surface area (TPSA) is 93.2 Å². The summed E-state index contributed by atoms with van der Waals surface area (Å²) in [6, 6.07) is -0.295. The summed E-state index contributed by atoms with van der Waals surface area (Å²) in [5, 5.41) is 15.2. The fraction of sp³-hybridized carbons (Fsp3) is 0.500. The number of aliphatic hydroxyl groups is 1. The summed E-state index contributed by atoms with van der Waals surface area (Å²) in [5.41, 5.74) is 6.19. The third-order valence-electron chi connectivity index (χ3n) is 1.83. The van der Waals surface area contributed by atoms with Crippen molar-refractivity contribution in [2.75, 3.05) is 12.3 Å². The van der Waals surface area contributed by atoms with Gasteiger partial charge >= 0.3 is 0 Å². The maximum atomic E-state index is 11.6. The fourth-order valence-corrected chi connectivity index (χ4v) is 1.07. The van der Waals surface area contributed by atoms with Gasteiger partial charge in [-0.3, -0.25) is 9.48 Å². The average molecular weight is 198 g/mol. The number of nitrogens with two attached hydrogens (primary N) is 1. The Bertz CT molecular complexity index is 315. The lowest BCUT2D eigenvalue weighted by atomic mass is 10.3. The van der Waals surface area contributed by atoms with Gasteiger partial charge in [0.05, 0.1) is 18.5 Å². The van der Waals surface area contributed by atoms with E-state index in [0.29, 0.717) is 11.4 Å². The monoisotopic (exact) mass is 198 g/mol. The van der Waals surface area contributed by atoms with Gasteiger partial charge in [-0.25, -0.2) is 0 Å². The number of carbonyl (C=O) groups is 1. The zero-order valence-electron chi connectivity index (χ0n) is 8.19. The van der Waals surface area contributed by atoms with Crippen molar-refractivity contribution < 1.29 is 9.90 Å². The molecule has 6 nitrogen and oxygen atoms in total. The summed E-state index contributed by atoms with van der Waals surface area (Å²) >= 11 is 0. The SMILES string of the molecule is CC(CO)NC(=O)c1c(N)cnn1C. The minimum Gasteiger partial charge on any atom is -0.396 e. The van der Waals surface area contributed by atoms with Crippen molar-refractivity contribution in [3.8, 4) is 0 Å². The lowest BCUT2D eigenvalue weighted by molar-refractivity contribution is 0.0913. The van der Waals surface area contributed by atoms with Crippen molar-refractivity contribution >= 4 is 11.6 Å². The lowest BCUT2D eigenvalue weighted by Gasteiger charge is -2.10. The van der Waals surface area contributed by atoms with Gasteiger partial charge in [0.1, 0.15) is 5.69 Å². The van der Waals surface area contributed by atoms with E-state index in [1.807, 2.05) is 0 Å². The van der Waals surface area contributed by atoms with Crippen molar-refractivity contribution in [1.82, 2.24) is 15.1 Å². The molecule has 0 fully saturated rings. The number of aryl methyl sites for hydroxylation is 1. The van der Waals surface area contributed by atoms with Crippen molar-refractivity contribution in [3.63, 3.8) is 0 Å². The van der Waals surface area contributed by atoms with E-state index in [9.17, 15) is 4.79 Å². The van der Waals surface area contributed by atoms with E-state index in [1.54, 1.807) is 14.0 Å². The summed E-state index contributed by atoms with van der Waals surface area (Å²) in [6.45, 7) is 1.59. The number of anilines is 1. The number of carbonyl (C=O) groups excluding carboxylic acids is 1. The molecule has 6 heteroatoms. The molecule has 0 saturated carbocycles. The number of hydrogen-bond donors (Lipinski definition) is 3. The first-order valence-corrected chi connectivity index (χ1v) is 4.25. The van der Waals surface area contributed by atoms with Crippen LogP contribution in [0.25, 0.3) is 0 Å². The zero-order valence-corrected chi connectivity index (χ0v) is 8.19. The molecule has 1 aromatic heterocycles. The van der Waals surface area contributed by atoms with Gasteiger partial charge in [-0.1, -0.05) is 0 Å². The van der Waals surface area contributed by atoms with E-state index in [-0.39, 0.29) is 18.6 Å². The minimum absolute atomic E-state index is 0.108. The van der Waals surface area contributed by atoms with Crippen molar-refractivity contribution in [2.24, 2.45) is 7.05 Å². The Morgan fingerprint density at radius 3 is 2.93 bits per heavy atom. The highest BCUT2D eigenvalue weighted by atomic mass is 16.3. The van der Waals surface area contributed by atoms with Crippen LogP contribution in [0.3, 0.4) is 0 Å². The molecule has 1 rings (SSSR count). The molecule has 4 N–H and O–H groups in total. The third-order valence-corrected chi connectivity index (χ3v) is 1.83. The van der Waals surface area contributed by atoms with Crippen molar-refractivity contribution in [2.45, 2.75) is 13.0 Å². The Labute approximate surface area is 81.7 Å². The molecule has 1 heterocycles. The quantitative estimate of drug-likeness (QED) is 0.587. The zero-order chi connectivity index (χ0) is 10.7. The molecule has 0 aliphatic rings. The molecular weight excluding hydrogens is 184 g/mol. The number of hydrogen-bond acceptors (Lipinski definition) is 4. The van der Waals surface area contributed by atoms with E-state index >= 15 is 0 Å². The van der Waals surface area contributed by atoms with E-state index < -0.39 is 0 Å². The van der Waals surface area contributed by atoms with Gasteiger partial charge < -0.3 is 16.2 Å². The van der Waals surface area contributed by atoms with Crippen LogP contribution in [-0.4, -0.2) is 33.4 Å². The van der Waals surface area contributed by atoms with Crippen LogP contribution in [0.1, 0.15) is 17.4 Å². The summed E-state index contributed by atoms with van der Waals surface area (Å²) < 4.78 is 1.40. The van der Waals surface area contributed by atoms with Gasteiger partial charge in [-0.05, 0) is 6.92 Å². The third kappa shape index (κ3) is 2.02. The first-order valence-electron chi connectivity index (χ1n) is 4.25. The summed E-state index contributed by atoms with van der Waals surface area (Å²) in [5.74, 6) is -0.330. The highest BCUT2D eigenvalue weighted by Crippen LogP contribution is 2.08. The predicted molar refractivity (Wildman–Crippen MR) is 51.6 cm³/mol. The second kappa shape index (κ2) is 4.10. The molecule has 1 aromatic rings. The Kier molecular flexibility index (Phi) is 3.08. The average Bonchev–Trinajstić information content (AvgIpc) is 2.46. The molecule has 0 aromatic carbocycles. The number of aliphatic hydroxyl groups excluding tert-OH is 1. The molecule has 0 spiro atoms.